The van der Waals surface area contributed by atoms with Crippen LogP contribution >= 0.6 is 24.8 Å². The second-order valence-corrected chi connectivity index (χ2v) is 6.21. The van der Waals surface area contributed by atoms with Crippen molar-refractivity contribution in [2.75, 3.05) is 6.54 Å². The number of nitrogens with one attached hydrogen (secondary N) is 2. The number of piperidine rings is 1. The lowest BCUT2D eigenvalue weighted by molar-refractivity contribution is 0.0919. The zero-order valence-electron chi connectivity index (χ0n) is 14.7. The van der Waals surface area contributed by atoms with Crippen molar-refractivity contribution in [3.05, 3.63) is 41.3 Å². The average Bonchev–Trinajstić information content (AvgIpc) is 2.88. The second kappa shape index (κ2) is 9.17. The highest BCUT2D eigenvalue weighted by molar-refractivity contribution is 5.94. The molecule has 6 nitrogen and oxygen atoms in total. The van der Waals surface area contributed by atoms with Crippen molar-refractivity contribution in [2.45, 2.75) is 45.7 Å². The topological polar surface area (TPSA) is 71.8 Å². The van der Waals surface area contributed by atoms with Gasteiger partial charge in [0.05, 0.1) is 11.3 Å². The van der Waals surface area contributed by atoms with Gasteiger partial charge in [-0.1, -0.05) is 0 Å². The maximum absolute atomic E-state index is 12.4. The predicted octanol–water partition coefficient (Wildman–Crippen LogP) is 2.60. The first-order chi connectivity index (χ1) is 11.0. The van der Waals surface area contributed by atoms with Crippen molar-refractivity contribution in [3.8, 4) is 5.82 Å². The first kappa shape index (κ1) is 21.4. The van der Waals surface area contributed by atoms with E-state index in [4.69, 9.17) is 0 Å². The monoisotopic (exact) mass is 385 g/mol. The summed E-state index contributed by atoms with van der Waals surface area (Å²) < 4.78 is 1.78. The molecule has 138 valence electrons. The second-order valence-electron chi connectivity index (χ2n) is 6.21. The molecule has 1 saturated heterocycles. The minimum absolute atomic E-state index is 0. The third kappa shape index (κ3) is 4.93. The summed E-state index contributed by atoms with van der Waals surface area (Å²) in [4.78, 5) is 16.8. The number of amides is 1. The van der Waals surface area contributed by atoms with Gasteiger partial charge in [0, 0.05) is 24.0 Å². The van der Waals surface area contributed by atoms with E-state index in [0.717, 1.165) is 36.6 Å². The molecule has 1 amide bonds. The first-order valence-electron chi connectivity index (χ1n) is 8.08. The number of pyridine rings is 1. The minimum atomic E-state index is -0.0713. The number of hydrogen-bond acceptors (Lipinski definition) is 4. The van der Waals surface area contributed by atoms with E-state index < -0.39 is 0 Å². The van der Waals surface area contributed by atoms with Crippen molar-refractivity contribution in [3.63, 3.8) is 0 Å². The van der Waals surface area contributed by atoms with Gasteiger partial charge in [-0.2, -0.15) is 5.10 Å². The van der Waals surface area contributed by atoms with Gasteiger partial charge < -0.3 is 10.6 Å². The van der Waals surface area contributed by atoms with Crippen LogP contribution in [0.15, 0.2) is 24.4 Å². The van der Waals surface area contributed by atoms with Crippen LogP contribution in [-0.4, -0.2) is 39.3 Å². The number of nitrogens with zero attached hydrogens (tertiary/aromatic N) is 3. The molecule has 0 aromatic carbocycles. The Morgan fingerprint density at radius 1 is 1.32 bits per heavy atom. The van der Waals surface area contributed by atoms with Gasteiger partial charge in [0.15, 0.2) is 5.82 Å². The molecule has 2 unspecified atom stereocenters. The Hall–Kier alpha value is -1.63. The Balaban J connectivity index is 0.00000156. The summed E-state index contributed by atoms with van der Waals surface area (Å²) in [5.41, 5.74) is 2.55. The lowest BCUT2D eigenvalue weighted by Gasteiger charge is -2.30. The highest BCUT2D eigenvalue weighted by atomic mass is 35.5. The van der Waals surface area contributed by atoms with Crippen LogP contribution in [0.1, 0.15) is 41.5 Å². The lowest BCUT2D eigenvalue weighted by atomic mass is 9.99. The molecule has 1 aliphatic heterocycles. The van der Waals surface area contributed by atoms with Crippen LogP contribution in [0, 0.1) is 13.8 Å². The maximum atomic E-state index is 12.4. The number of carbonyl (C=O) groups excluding carboxylic acids is 1. The molecule has 0 aliphatic carbocycles. The van der Waals surface area contributed by atoms with Crippen LogP contribution in [0.25, 0.3) is 5.82 Å². The van der Waals surface area contributed by atoms with Gasteiger partial charge in [-0.05, 0) is 58.4 Å². The normalized spacial score (nSPS) is 19.5. The van der Waals surface area contributed by atoms with Crippen LogP contribution in [0.2, 0.25) is 0 Å². The van der Waals surface area contributed by atoms with Crippen molar-refractivity contribution in [2.24, 2.45) is 0 Å². The molecule has 3 rings (SSSR count). The summed E-state index contributed by atoms with van der Waals surface area (Å²) >= 11 is 0. The molecule has 25 heavy (non-hydrogen) atoms. The molecular weight excluding hydrogens is 361 g/mol. The Morgan fingerprint density at radius 2 is 2.08 bits per heavy atom. The lowest BCUT2D eigenvalue weighted by Crippen LogP contribution is -2.51. The first-order valence-corrected chi connectivity index (χ1v) is 8.08. The standard InChI is InChI=1S/C17H23N5O.2ClH/c1-11-9-12(2)22(21-11)16-7-6-14(10-19-16)17(23)20-15-5-4-8-18-13(15)3;;/h6-7,9-10,13,15,18H,4-5,8H2,1-3H3,(H,20,23);2*1H. The van der Waals surface area contributed by atoms with Crippen LogP contribution < -0.4 is 10.6 Å². The van der Waals surface area contributed by atoms with Gasteiger partial charge >= 0.3 is 0 Å². The van der Waals surface area contributed by atoms with Crippen molar-refractivity contribution in [1.82, 2.24) is 25.4 Å². The third-order valence-corrected chi connectivity index (χ3v) is 4.31. The molecule has 1 aliphatic rings. The van der Waals surface area contributed by atoms with E-state index in [1.54, 1.807) is 16.9 Å². The fourth-order valence-corrected chi connectivity index (χ4v) is 3.00. The number of aryl methyl sites for hydroxylation is 2. The Bertz CT molecular complexity index is 702. The van der Waals surface area contributed by atoms with E-state index in [2.05, 4.69) is 27.6 Å². The number of rotatable bonds is 3. The van der Waals surface area contributed by atoms with E-state index in [9.17, 15) is 4.79 Å². The SMILES string of the molecule is Cc1cc(C)n(-c2ccc(C(=O)NC3CCCNC3C)cn2)n1.Cl.Cl. The largest absolute Gasteiger partial charge is 0.348 e. The van der Waals surface area contributed by atoms with Gasteiger partial charge in [0.25, 0.3) is 5.91 Å². The number of hydrogen-bond donors (Lipinski definition) is 2. The highest BCUT2D eigenvalue weighted by Gasteiger charge is 2.22. The van der Waals surface area contributed by atoms with Crippen LogP contribution in [0.3, 0.4) is 0 Å². The fraction of sp³-hybridized carbons (Fsp3) is 0.471. The van der Waals surface area contributed by atoms with Crippen LogP contribution in [0.4, 0.5) is 0 Å². The molecule has 8 heteroatoms. The third-order valence-electron chi connectivity index (χ3n) is 4.31. The molecule has 2 atom stereocenters. The maximum Gasteiger partial charge on any atom is 0.253 e. The summed E-state index contributed by atoms with van der Waals surface area (Å²) in [6.07, 6.45) is 3.71. The van der Waals surface area contributed by atoms with E-state index in [1.165, 1.54) is 0 Å². The molecule has 0 saturated carbocycles. The number of aromatic nitrogens is 3. The van der Waals surface area contributed by atoms with Crippen molar-refractivity contribution >= 4 is 30.7 Å². The Labute approximate surface area is 160 Å². The predicted molar refractivity (Wildman–Crippen MR) is 103 cm³/mol. The van der Waals surface area contributed by atoms with Crippen molar-refractivity contribution in [1.29, 1.82) is 0 Å². The van der Waals surface area contributed by atoms with E-state index in [0.29, 0.717) is 11.6 Å². The molecule has 2 aromatic rings. The van der Waals surface area contributed by atoms with Crippen molar-refractivity contribution < 1.29 is 4.79 Å². The molecule has 2 N–H and O–H groups in total. The number of carbonyl (C=O) groups is 1. The van der Waals surface area contributed by atoms with Gasteiger partial charge in [-0.25, -0.2) is 9.67 Å². The summed E-state index contributed by atoms with van der Waals surface area (Å²) in [6.45, 7) is 7.06. The summed E-state index contributed by atoms with van der Waals surface area (Å²) in [7, 11) is 0. The zero-order valence-corrected chi connectivity index (χ0v) is 16.3. The van der Waals surface area contributed by atoms with Crippen LogP contribution in [-0.2, 0) is 0 Å². The molecular formula is C17H25Cl2N5O. The summed E-state index contributed by atoms with van der Waals surface area (Å²) in [5.74, 6) is 0.651. The average molecular weight is 386 g/mol. The van der Waals surface area contributed by atoms with Crippen LogP contribution in [0.5, 0.6) is 0 Å². The number of halogens is 2. The molecule has 0 spiro atoms. The van der Waals surface area contributed by atoms with E-state index in [1.807, 2.05) is 26.0 Å². The molecule has 3 heterocycles. The zero-order chi connectivity index (χ0) is 16.4. The molecule has 2 aromatic heterocycles. The molecule has 1 fully saturated rings. The van der Waals surface area contributed by atoms with E-state index >= 15 is 0 Å². The molecule has 0 bridgehead atoms. The Morgan fingerprint density at radius 3 is 2.64 bits per heavy atom. The summed E-state index contributed by atoms with van der Waals surface area (Å²) in [6, 6.07) is 6.10. The fourth-order valence-electron chi connectivity index (χ4n) is 3.00. The van der Waals surface area contributed by atoms with E-state index in [-0.39, 0.29) is 36.8 Å². The minimum Gasteiger partial charge on any atom is -0.348 e. The van der Waals surface area contributed by atoms with Gasteiger partial charge in [-0.3, -0.25) is 4.79 Å². The van der Waals surface area contributed by atoms with Gasteiger partial charge in [0.2, 0.25) is 0 Å². The highest BCUT2D eigenvalue weighted by Crippen LogP contribution is 2.12. The smallest absolute Gasteiger partial charge is 0.253 e. The quantitative estimate of drug-likeness (QED) is 0.851. The van der Waals surface area contributed by atoms with Gasteiger partial charge in [0.1, 0.15) is 0 Å². The van der Waals surface area contributed by atoms with Gasteiger partial charge in [-0.15, -0.1) is 24.8 Å². The molecule has 0 radical (unpaired) electrons. The Kier molecular flexibility index (Phi) is 7.86. The summed E-state index contributed by atoms with van der Waals surface area (Å²) in [5, 5.41) is 10.9.